The maximum Gasteiger partial charge on any atom is 0.573 e. The fourth-order valence-electron chi connectivity index (χ4n) is 2.36. The quantitative estimate of drug-likeness (QED) is 0.912. The Labute approximate surface area is 120 Å². The van der Waals surface area contributed by atoms with Crippen LogP contribution in [-0.2, 0) is 0 Å². The first-order valence-electron chi connectivity index (χ1n) is 6.67. The summed E-state index contributed by atoms with van der Waals surface area (Å²) in [5, 5.41) is 0. The van der Waals surface area contributed by atoms with Crippen LogP contribution < -0.4 is 10.5 Å². The van der Waals surface area contributed by atoms with Gasteiger partial charge in [0, 0.05) is 24.7 Å². The van der Waals surface area contributed by atoms with E-state index in [0.29, 0.717) is 19.5 Å². The molecule has 1 heterocycles. The zero-order chi connectivity index (χ0) is 15.6. The molecule has 0 bridgehead atoms. The zero-order valence-electron chi connectivity index (χ0n) is 11.6. The van der Waals surface area contributed by atoms with Crippen molar-refractivity contribution in [3.8, 4) is 5.75 Å². The molecule has 1 saturated heterocycles. The molecule has 0 radical (unpaired) electrons. The molecule has 0 aromatic heterocycles. The number of alkyl halides is 3. The third kappa shape index (κ3) is 4.10. The highest BCUT2D eigenvalue weighted by Crippen LogP contribution is 2.24. The predicted octanol–water partition coefficient (Wildman–Crippen LogP) is 2.39. The molecule has 1 aromatic carbocycles. The van der Waals surface area contributed by atoms with Gasteiger partial charge in [-0.25, -0.2) is 0 Å². The second-order valence-electron chi connectivity index (χ2n) is 5.26. The van der Waals surface area contributed by atoms with Gasteiger partial charge in [0.2, 0.25) is 0 Å². The molecule has 4 nitrogen and oxygen atoms in total. The van der Waals surface area contributed by atoms with Crippen molar-refractivity contribution >= 4 is 5.91 Å². The van der Waals surface area contributed by atoms with Crippen LogP contribution in [0.1, 0.15) is 23.7 Å². The highest BCUT2D eigenvalue weighted by molar-refractivity contribution is 5.94. The maximum absolute atomic E-state index is 12.3. The summed E-state index contributed by atoms with van der Waals surface area (Å²) in [7, 11) is 0. The molecule has 7 heteroatoms. The Kier molecular flexibility index (Phi) is 4.41. The van der Waals surface area contributed by atoms with Crippen LogP contribution in [0.2, 0.25) is 0 Å². The molecule has 1 aliphatic heterocycles. The molecule has 1 amide bonds. The van der Waals surface area contributed by atoms with Crippen LogP contribution in [0.25, 0.3) is 0 Å². The number of carbonyl (C=O) groups is 1. The van der Waals surface area contributed by atoms with E-state index < -0.39 is 12.1 Å². The number of likely N-dealkylation sites (tertiary alicyclic amines) is 1. The minimum Gasteiger partial charge on any atom is -0.406 e. The van der Waals surface area contributed by atoms with Gasteiger partial charge >= 0.3 is 6.36 Å². The number of carbonyl (C=O) groups excluding carboxylic acids is 1. The summed E-state index contributed by atoms with van der Waals surface area (Å²) in [6.45, 7) is 2.96. The van der Waals surface area contributed by atoms with Crippen LogP contribution in [-0.4, -0.2) is 36.3 Å². The predicted molar refractivity (Wildman–Crippen MR) is 70.8 cm³/mol. The van der Waals surface area contributed by atoms with Crippen molar-refractivity contribution in [3.63, 3.8) is 0 Å². The Morgan fingerprint density at radius 3 is 2.76 bits per heavy atom. The lowest BCUT2D eigenvalue weighted by atomic mass is 9.94. The van der Waals surface area contributed by atoms with Crippen molar-refractivity contribution in [2.45, 2.75) is 25.7 Å². The number of rotatable bonds is 2. The Bertz CT molecular complexity index is 519. The van der Waals surface area contributed by atoms with E-state index in [4.69, 9.17) is 5.73 Å². The van der Waals surface area contributed by atoms with Crippen molar-refractivity contribution in [1.82, 2.24) is 4.90 Å². The topological polar surface area (TPSA) is 55.6 Å². The minimum absolute atomic E-state index is 0.0500. The molecular weight excluding hydrogens is 285 g/mol. The molecule has 21 heavy (non-hydrogen) atoms. The number of benzene rings is 1. The molecule has 2 unspecified atom stereocenters. The van der Waals surface area contributed by atoms with E-state index in [-0.39, 0.29) is 23.4 Å². The van der Waals surface area contributed by atoms with Crippen LogP contribution in [0.15, 0.2) is 24.3 Å². The molecule has 116 valence electrons. The normalized spacial score (nSPS) is 23.0. The van der Waals surface area contributed by atoms with Crippen molar-refractivity contribution < 1.29 is 22.7 Å². The Balaban J connectivity index is 2.11. The van der Waals surface area contributed by atoms with Gasteiger partial charge in [-0.2, -0.15) is 0 Å². The number of piperidine rings is 1. The first-order chi connectivity index (χ1) is 9.76. The molecule has 1 fully saturated rings. The van der Waals surface area contributed by atoms with Gasteiger partial charge in [-0.05, 0) is 30.5 Å². The van der Waals surface area contributed by atoms with Gasteiger partial charge in [0.25, 0.3) is 5.91 Å². The number of hydrogen-bond donors (Lipinski definition) is 1. The van der Waals surface area contributed by atoms with Gasteiger partial charge in [-0.15, -0.1) is 13.2 Å². The minimum atomic E-state index is -4.77. The fourth-order valence-corrected chi connectivity index (χ4v) is 2.36. The largest absolute Gasteiger partial charge is 0.573 e. The van der Waals surface area contributed by atoms with E-state index >= 15 is 0 Å². The Hall–Kier alpha value is -1.76. The van der Waals surface area contributed by atoms with Crippen molar-refractivity contribution in [3.05, 3.63) is 29.8 Å². The molecule has 0 saturated carbocycles. The summed E-state index contributed by atoms with van der Waals surface area (Å²) in [5.74, 6) is -0.534. The molecule has 2 N–H and O–H groups in total. The maximum atomic E-state index is 12.3. The van der Waals surface area contributed by atoms with Gasteiger partial charge in [0.05, 0.1) is 0 Å². The number of amides is 1. The van der Waals surface area contributed by atoms with Crippen LogP contribution in [0.4, 0.5) is 13.2 Å². The van der Waals surface area contributed by atoms with Gasteiger partial charge in [0.1, 0.15) is 5.75 Å². The van der Waals surface area contributed by atoms with Crippen LogP contribution in [0.3, 0.4) is 0 Å². The standard InChI is InChI=1S/C14H17F3N2O2/c1-9-8-19(6-5-12(9)18)13(20)10-3-2-4-11(7-10)21-14(15,16)17/h2-4,7,9,12H,5-6,8,18H2,1H3. The van der Waals surface area contributed by atoms with Crippen molar-refractivity contribution in [1.29, 1.82) is 0 Å². The molecule has 0 aliphatic carbocycles. The average Bonchev–Trinajstić information content (AvgIpc) is 2.39. The highest BCUT2D eigenvalue weighted by atomic mass is 19.4. The molecule has 0 spiro atoms. The summed E-state index contributed by atoms with van der Waals surface area (Å²) in [6, 6.07) is 5.17. The fraction of sp³-hybridized carbons (Fsp3) is 0.500. The molecular formula is C14H17F3N2O2. The van der Waals surface area contributed by atoms with Crippen LogP contribution >= 0.6 is 0 Å². The van der Waals surface area contributed by atoms with Crippen LogP contribution in [0.5, 0.6) is 5.75 Å². The van der Waals surface area contributed by atoms with E-state index in [0.717, 1.165) is 6.07 Å². The number of nitrogens with zero attached hydrogens (tertiary/aromatic N) is 1. The smallest absolute Gasteiger partial charge is 0.406 e. The summed E-state index contributed by atoms with van der Waals surface area (Å²) < 4.78 is 40.4. The summed E-state index contributed by atoms with van der Waals surface area (Å²) in [5.41, 5.74) is 6.07. The second kappa shape index (κ2) is 5.93. The zero-order valence-corrected chi connectivity index (χ0v) is 11.6. The Morgan fingerprint density at radius 2 is 2.14 bits per heavy atom. The van der Waals surface area contributed by atoms with E-state index in [1.807, 2.05) is 6.92 Å². The van der Waals surface area contributed by atoms with E-state index in [1.165, 1.54) is 18.2 Å². The number of hydrogen-bond acceptors (Lipinski definition) is 3. The van der Waals surface area contributed by atoms with Gasteiger partial charge in [-0.1, -0.05) is 13.0 Å². The van der Waals surface area contributed by atoms with Crippen LogP contribution in [0, 0.1) is 5.92 Å². The number of nitrogens with two attached hydrogens (primary N) is 1. The van der Waals surface area contributed by atoms with Crippen molar-refractivity contribution in [2.24, 2.45) is 11.7 Å². The number of halogens is 3. The third-order valence-electron chi connectivity index (χ3n) is 3.57. The first kappa shape index (κ1) is 15.6. The molecule has 1 aromatic rings. The molecule has 1 aliphatic rings. The number of ether oxygens (including phenoxy) is 1. The average molecular weight is 302 g/mol. The van der Waals surface area contributed by atoms with Gasteiger partial charge in [0.15, 0.2) is 0 Å². The SMILES string of the molecule is CC1CN(C(=O)c2cccc(OC(F)(F)F)c2)CCC1N. The van der Waals surface area contributed by atoms with Crippen molar-refractivity contribution in [2.75, 3.05) is 13.1 Å². The Morgan fingerprint density at radius 1 is 1.43 bits per heavy atom. The van der Waals surface area contributed by atoms with Gasteiger partial charge < -0.3 is 15.4 Å². The van der Waals surface area contributed by atoms with Gasteiger partial charge in [-0.3, -0.25) is 4.79 Å². The summed E-state index contributed by atoms with van der Waals surface area (Å²) in [6.07, 6.45) is -4.08. The lowest BCUT2D eigenvalue weighted by Crippen LogP contribution is -2.48. The third-order valence-corrected chi connectivity index (χ3v) is 3.57. The molecule has 2 rings (SSSR count). The summed E-state index contributed by atoms with van der Waals surface area (Å²) >= 11 is 0. The highest BCUT2D eigenvalue weighted by Gasteiger charge is 2.32. The van der Waals surface area contributed by atoms with E-state index in [2.05, 4.69) is 4.74 Å². The molecule has 2 atom stereocenters. The lowest BCUT2D eigenvalue weighted by molar-refractivity contribution is -0.274. The van der Waals surface area contributed by atoms with E-state index in [9.17, 15) is 18.0 Å². The second-order valence-corrected chi connectivity index (χ2v) is 5.26. The van der Waals surface area contributed by atoms with E-state index in [1.54, 1.807) is 4.90 Å². The monoisotopic (exact) mass is 302 g/mol. The lowest BCUT2D eigenvalue weighted by Gasteiger charge is -2.35. The summed E-state index contributed by atoms with van der Waals surface area (Å²) in [4.78, 5) is 13.9. The first-order valence-corrected chi connectivity index (χ1v) is 6.67.